The molecule has 0 fully saturated rings. The largest absolute Gasteiger partial charge is 0.392 e. The lowest BCUT2D eigenvalue weighted by Crippen LogP contribution is -2.11. The lowest BCUT2D eigenvalue weighted by Gasteiger charge is -1.96. The average molecular weight is 135 g/mol. The number of aliphatic hydroxyl groups is 1. The molecule has 0 atom stereocenters. The van der Waals surface area contributed by atoms with Crippen LogP contribution >= 0.6 is 0 Å². The highest BCUT2D eigenvalue weighted by atomic mass is 16.3. The smallest absolute Gasteiger partial charge is 0.156 e. The normalized spacial score (nSPS) is 9.40. The summed E-state index contributed by atoms with van der Waals surface area (Å²) in [6.07, 6.45) is 3.50. The van der Waals surface area contributed by atoms with Crippen LogP contribution in [0.5, 0.6) is 0 Å². The Labute approximate surface area is 61.2 Å². The van der Waals surface area contributed by atoms with Gasteiger partial charge in [0.25, 0.3) is 0 Å². The first-order chi connectivity index (χ1) is 4.86. The monoisotopic (exact) mass is 135 g/mol. The molecule has 0 bridgehead atoms. The zero-order chi connectivity index (χ0) is 7.40. The Hall–Kier alpha value is -0.825. The number of aromatic nitrogens is 1. The fourth-order valence-corrected chi connectivity index (χ4v) is 0.821. The van der Waals surface area contributed by atoms with Gasteiger partial charge in [-0.15, -0.1) is 0 Å². The minimum Gasteiger partial charge on any atom is -0.392 e. The van der Waals surface area contributed by atoms with Crippen LogP contribution in [-0.4, -0.2) is 17.4 Å². The first kappa shape index (κ1) is 7.28. The van der Waals surface area contributed by atoms with E-state index in [1.165, 1.54) is 5.46 Å². The minimum absolute atomic E-state index is 0.0842. The van der Waals surface area contributed by atoms with Gasteiger partial charge in [0.1, 0.15) is 0 Å². The van der Waals surface area contributed by atoms with E-state index in [0.717, 1.165) is 12.8 Å². The highest BCUT2D eigenvalue weighted by Crippen LogP contribution is 1.91. The van der Waals surface area contributed by atoms with E-state index in [2.05, 4.69) is 11.8 Å². The van der Waals surface area contributed by atoms with Crippen molar-refractivity contribution >= 4 is 12.7 Å². The molecule has 0 aromatic carbocycles. The average Bonchev–Trinajstić information content (AvgIpc) is 2.05. The maximum atomic E-state index is 8.72. The van der Waals surface area contributed by atoms with Gasteiger partial charge in [-0.25, -0.2) is 0 Å². The van der Waals surface area contributed by atoms with Crippen LogP contribution in [0.15, 0.2) is 18.5 Å². The first-order valence-corrected chi connectivity index (χ1v) is 3.40. The Bertz CT molecular complexity index is 195. The van der Waals surface area contributed by atoms with Crippen molar-refractivity contribution in [2.75, 3.05) is 0 Å². The van der Waals surface area contributed by atoms with E-state index in [1.54, 1.807) is 6.20 Å². The molecule has 52 valence electrons. The fourth-order valence-electron chi connectivity index (χ4n) is 0.821. The van der Waals surface area contributed by atoms with E-state index in [9.17, 15) is 0 Å². The molecule has 1 aromatic rings. The molecule has 0 aliphatic carbocycles. The molecule has 0 amide bonds. The Morgan fingerprint density at radius 3 is 3.00 bits per heavy atom. The molecule has 1 N–H and O–H groups in total. The van der Waals surface area contributed by atoms with Crippen LogP contribution in [0, 0.1) is 0 Å². The SMILES string of the molecule is CBc1cncc(CO)c1. The van der Waals surface area contributed by atoms with Crippen LogP contribution in [-0.2, 0) is 6.61 Å². The molecule has 0 aliphatic rings. The van der Waals surface area contributed by atoms with Crippen molar-refractivity contribution in [3.63, 3.8) is 0 Å². The van der Waals surface area contributed by atoms with Gasteiger partial charge in [0.05, 0.1) is 6.61 Å². The Kier molecular flexibility index (Phi) is 2.45. The third-order valence-corrected chi connectivity index (χ3v) is 1.44. The molecular formula is C7H10BNO. The number of nitrogens with zero attached hydrogens (tertiary/aromatic N) is 1. The van der Waals surface area contributed by atoms with E-state index >= 15 is 0 Å². The van der Waals surface area contributed by atoms with Gasteiger partial charge in [-0.2, -0.15) is 0 Å². The minimum atomic E-state index is 0.0842. The number of hydrogen-bond acceptors (Lipinski definition) is 2. The second-order valence-corrected chi connectivity index (χ2v) is 2.21. The van der Waals surface area contributed by atoms with E-state index in [0.29, 0.717) is 0 Å². The van der Waals surface area contributed by atoms with E-state index < -0.39 is 0 Å². The Morgan fingerprint density at radius 1 is 1.60 bits per heavy atom. The number of aliphatic hydroxyl groups excluding tert-OH is 1. The van der Waals surface area contributed by atoms with Gasteiger partial charge in [-0.1, -0.05) is 18.4 Å². The van der Waals surface area contributed by atoms with Gasteiger partial charge in [-0.3, -0.25) is 4.98 Å². The number of hydrogen-bond donors (Lipinski definition) is 1. The summed E-state index contributed by atoms with van der Waals surface area (Å²) in [5, 5.41) is 8.72. The molecule has 10 heavy (non-hydrogen) atoms. The molecule has 1 heterocycles. The fraction of sp³-hybridized carbons (Fsp3) is 0.286. The van der Waals surface area contributed by atoms with Crippen LogP contribution in [0.4, 0.5) is 0 Å². The molecular weight excluding hydrogens is 125 g/mol. The van der Waals surface area contributed by atoms with E-state index in [4.69, 9.17) is 5.11 Å². The second kappa shape index (κ2) is 3.37. The van der Waals surface area contributed by atoms with Gasteiger partial charge < -0.3 is 5.11 Å². The molecule has 0 unspecified atom stereocenters. The molecule has 0 spiro atoms. The van der Waals surface area contributed by atoms with Gasteiger partial charge in [-0.05, 0) is 5.56 Å². The second-order valence-electron chi connectivity index (χ2n) is 2.21. The van der Waals surface area contributed by atoms with Gasteiger partial charge in [0.2, 0.25) is 0 Å². The standard InChI is InChI=1S/C7H10BNO/c1-8-7-2-6(5-10)3-9-4-7/h2-4,8,10H,5H2,1H3. The van der Waals surface area contributed by atoms with Crippen molar-refractivity contribution in [3.05, 3.63) is 24.0 Å². The lowest BCUT2D eigenvalue weighted by molar-refractivity contribution is 0.281. The molecule has 1 aromatic heterocycles. The summed E-state index contributed by atoms with van der Waals surface area (Å²) >= 11 is 0. The van der Waals surface area contributed by atoms with Crippen molar-refractivity contribution in [1.82, 2.24) is 4.98 Å². The molecule has 3 heteroatoms. The highest BCUT2D eigenvalue weighted by molar-refractivity contribution is 6.51. The highest BCUT2D eigenvalue weighted by Gasteiger charge is 1.92. The summed E-state index contributed by atoms with van der Waals surface area (Å²) in [5.74, 6) is 0. The summed E-state index contributed by atoms with van der Waals surface area (Å²) in [6.45, 7) is 2.15. The van der Waals surface area contributed by atoms with E-state index in [1.807, 2.05) is 12.3 Å². The zero-order valence-corrected chi connectivity index (χ0v) is 6.04. The molecule has 2 nitrogen and oxygen atoms in total. The molecule has 1 rings (SSSR count). The van der Waals surface area contributed by atoms with Gasteiger partial charge in [0, 0.05) is 12.4 Å². The first-order valence-electron chi connectivity index (χ1n) is 3.40. The van der Waals surface area contributed by atoms with Crippen molar-refractivity contribution in [1.29, 1.82) is 0 Å². The summed E-state index contributed by atoms with van der Waals surface area (Å²) < 4.78 is 0. The summed E-state index contributed by atoms with van der Waals surface area (Å²) in [5.41, 5.74) is 2.06. The number of pyridine rings is 1. The summed E-state index contributed by atoms with van der Waals surface area (Å²) in [6, 6.07) is 1.97. The van der Waals surface area contributed by atoms with Gasteiger partial charge >= 0.3 is 0 Å². The van der Waals surface area contributed by atoms with Crippen molar-refractivity contribution in [2.45, 2.75) is 13.4 Å². The zero-order valence-electron chi connectivity index (χ0n) is 6.04. The third-order valence-electron chi connectivity index (χ3n) is 1.44. The maximum Gasteiger partial charge on any atom is 0.156 e. The molecule has 0 radical (unpaired) electrons. The third kappa shape index (κ3) is 1.58. The van der Waals surface area contributed by atoms with Gasteiger partial charge in [0.15, 0.2) is 7.28 Å². The van der Waals surface area contributed by atoms with Crippen LogP contribution in [0.2, 0.25) is 6.82 Å². The quantitative estimate of drug-likeness (QED) is 0.564. The van der Waals surface area contributed by atoms with Crippen LogP contribution in [0.1, 0.15) is 5.56 Å². The maximum absolute atomic E-state index is 8.72. The van der Waals surface area contributed by atoms with Crippen LogP contribution in [0.25, 0.3) is 0 Å². The van der Waals surface area contributed by atoms with Crippen molar-refractivity contribution in [2.24, 2.45) is 0 Å². The molecule has 0 saturated carbocycles. The lowest BCUT2D eigenvalue weighted by atomic mass is 9.74. The summed E-state index contributed by atoms with van der Waals surface area (Å²) in [4.78, 5) is 3.97. The Morgan fingerprint density at radius 2 is 2.40 bits per heavy atom. The molecule has 0 saturated heterocycles. The predicted molar refractivity (Wildman–Crippen MR) is 42.8 cm³/mol. The summed E-state index contributed by atoms with van der Waals surface area (Å²) in [7, 11) is 0.973. The Balaban J connectivity index is 2.87. The van der Waals surface area contributed by atoms with Crippen molar-refractivity contribution in [3.8, 4) is 0 Å². The predicted octanol–water partition coefficient (Wildman–Crippen LogP) is -0.316. The topological polar surface area (TPSA) is 33.1 Å². The number of rotatable bonds is 2. The van der Waals surface area contributed by atoms with Crippen molar-refractivity contribution < 1.29 is 5.11 Å². The van der Waals surface area contributed by atoms with E-state index in [-0.39, 0.29) is 6.61 Å². The van der Waals surface area contributed by atoms with Crippen LogP contribution in [0.3, 0.4) is 0 Å². The van der Waals surface area contributed by atoms with Crippen LogP contribution < -0.4 is 5.46 Å². The molecule has 0 aliphatic heterocycles.